The lowest BCUT2D eigenvalue weighted by molar-refractivity contribution is 0.121. The standard InChI is InChI=1S/C13H20FNO/c1-10(2)15-6-7-16-9-12-4-5-13(14)8-11(12)3/h4-5,8,10,15H,6-7,9H2,1-3H3. The van der Waals surface area contributed by atoms with Gasteiger partial charge in [0, 0.05) is 12.6 Å². The number of nitrogens with one attached hydrogen (secondary N) is 1. The van der Waals surface area contributed by atoms with Crippen molar-refractivity contribution in [1.82, 2.24) is 5.32 Å². The van der Waals surface area contributed by atoms with Gasteiger partial charge in [-0.2, -0.15) is 0 Å². The molecule has 0 amide bonds. The molecule has 1 N–H and O–H groups in total. The molecule has 0 heterocycles. The molecule has 1 rings (SSSR count). The Morgan fingerprint density at radius 2 is 2.12 bits per heavy atom. The molecule has 1 aromatic carbocycles. The fourth-order valence-electron chi connectivity index (χ4n) is 1.42. The van der Waals surface area contributed by atoms with Gasteiger partial charge in [0.05, 0.1) is 13.2 Å². The minimum absolute atomic E-state index is 0.192. The van der Waals surface area contributed by atoms with E-state index in [2.05, 4.69) is 19.2 Å². The van der Waals surface area contributed by atoms with Crippen LogP contribution in [0.25, 0.3) is 0 Å². The molecule has 3 heteroatoms. The second-order valence-corrected chi connectivity index (χ2v) is 4.23. The third-order valence-electron chi connectivity index (χ3n) is 2.36. The number of benzene rings is 1. The Bertz CT molecular complexity index is 326. The second-order valence-electron chi connectivity index (χ2n) is 4.23. The summed E-state index contributed by atoms with van der Waals surface area (Å²) in [6.45, 7) is 8.17. The summed E-state index contributed by atoms with van der Waals surface area (Å²) in [5.74, 6) is -0.192. The third-order valence-corrected chi connectivity index (χ3v) is 2.36. The average molecular weight is 225 g/mol. The Hall–Kier alpha value is -0.930. The summed E-state index contributed by atoms with van der Waals surface area (Å²) in [5, 5.41) is 3.27. The molecule has 0 bridgehead atoms. The van der Waals surface area contributed by atoms with Gasteiger partial charge < -0.3 is 10.1 Å². The largest absolute Gasteiger partial charge is 0.375 e. The van der Waals surface area contributed by atoms with Crippen molar-refractivity contribution < 1.29 is 9.13 Å². The molecule has 0 aliphatic heterocycles. The molecule has 16 heavy (non-hydrogen) atoms. The molecule has 0 spiro atoms. The fraction of sp³-hybridized carbons (Fsp3) is 0.538. The van der Waals surface area contributed by atoms with E-state index < -0.39 is 0 Å². The maximum Gasteiger partial charge on any atom is 0.123 e. The predicted octanol–water partition coefficient (Wildman–Crippen LogP) is 2.65. The van der Waals surface area contributed by atoms with Gasteiger partial charge in [0.15, 0.2) is 0 Å². The van der Waals surface area contributed by atoms with Gasteiger partial charge in [0.25, 0.3) is 0 Å². The van der Waals surface area contributed by atoms with Gasteiger partial charge in [-0.05, 0) is 30.2 Å². The van der Waals surface area contributed by atoms with E-state index >= 15 is 0 Å². The first-order valence-electron chi connectivity index (χ1n) is 5.65. The molecule has 0 saturated carbocycles. The van der Waals surface area contributed by atoms with E-state index in [9.17, 15) is 4.39 Å². The Morgan fingerprint density at radius 3 is 2.75 bits per heavy atom. The average Bonchev–Trinajstić information content (AvgIpc) is 2.20. The monoisotopic (exact) mass is 225 g/mol. The molecular formula is C13H20FNO. The maximum atomic E-state index is 12.8. The van der Waals surface area contributed by atoms with Crippen molar-refractivity contribution in [2.45, 2.75) is 33.4 Å². The van der Waals surface area contributed by atoms with E-state index in [0.29, 0.717) is 19.3 Å². The molecule has 0 fully saturated rings. The molecule has 1 aromatic rings. The van der Waals surface area contributed by atoms with Crippen molar-refractivity contribution in [3.05, 3.63) is 35.1 Å². The molecule has 0 aromatic heterocycles. The van der Waals surface area contributed by atoms with Crippen molar-refractivity contribution >= 4 is 0 Å². The van der Waals surface area contributed by atoms with Crippen molar-refractivity contribution in [3.63, 3.8) is 0 Å². The van der Waals surface area contributed by atoms with Gasteiger partial charge in [-0.3, -0.25) is 0 Å². The molecule has 90 valence electrons. The van der Waals surface area contributed by atoms with Gasteiger partial charge in [-0.15, -0.1) is 0 Å². The zero-order chi connectivity index (χ0) is 12.0. The molecule has 0 atom stereocenters. The highest BCUT2D eigenvalue weighted by atomic mass is 19.1. The van der Waals surface area contributed by atoms with Crippen LogP contribution in [-0.4, -0.2) is 19.2 Å². The highest BCUT2D eigenvalue weighted by Crippen LogP contribution is 2.10. The van der Waals surface area contributed by atoms with Crippen LogP contribution in [0.2, 0.25) is 0 Å². The Kier molecular flexibility index (Phi) is 5.43. The van der Waals surface area contributed by atoms with Crippen LogP contribution in [0.4, 0.5) is 4.39 Å². The first kappa shape index (κ1) is 13.1. The van der Waals surface area contributed by atoms with Crippen molar-refractivity contribution in [3.8, 4) is 0 Å². The number of aryl methyl sites for hydroxylation is 1. The number of ether oxygens (including phenoxy) is 1. The lowest BCUT2D eigenvalue weighted by Crippen LogP contribution is -2.26. The number of hydrogen-bond acceptors (Lipinski definition) is 2. The second kappa shape index (κ2) is 6.61. The Balaban J connectivity index is 2.27. The summed E-state index contributed by atoms with van der Waals surface area (Å²) in [6.07, 6.45) is 0. The van der Waals surface area contributed by atoms with Gasteiger partial charge in [-0.25, -0.2) is 4.39 Å². The summed E-state index contributed by atoms with van der Waals surface area (Å²) < 4.78 is 18.3. The minimum atomic E-state index is -0.192. The van der Waals surface area contributed by atoms with Gasteiger partial charge >= 0.3 is 0 Å². The minimum Gasteiger partial charge on any atom is -0.375 e. The van der Waals surface area contributed by atoms with Crippen LogP contribution in [0.3, 0.4) is 0 Å². The Morgan fingerprint density at radius 1 is 1.38 bits per heavy atom. The molecule has 0 saturated heterocycles. The van der Waals surface area contributed by atoms with Crippen LogP contribution < -0.4 is 5.32 Å². The van der Waals surface area contributed by atoms with Crippen molar-refractivity contribution in [2.75, 3.05) is 13.2 Å². The topological polar surface area (TPSA) is 21.3 Å². The smallest absolute Gasteiger partial charge is 0.123 e. The van der Waals surface area contributed by atoms with Crippen LogP contribution in [0, 0.1) is 12.7 Å². The van der Waals surface area contributed by atoms with Crippen LogP contribution in [0.1, 0.15) is 25.0 Å². The quantitative estimate of drug-likeness (QED) is 0.751. The number of rotatable bonds is 6. The molecular weight excluding hydrogens is 205 g/mol. The Labute approximate surface area is 96.8 Å². The van der Waals surface area contributed by atoms with Crippen LogP contribution in [-0.2, 0) is 11.3 Å². The first-order chi connectivity index (χ1) is 7.59. The maximum absolute atomic E-state index is 12.8. The summed E-state index contributed by atoms with van der Waals surface area (Å²) in [7, 11) is 0. The highest BCUT2D eigenvalue weighted by molar-refractivity contribution is 5.25. The van der Waals surface area contributed by atoms with Gasteiger partial charge in [0.2, 0.25) is 0 Å². The molecule has 0 radical (unpaired) electrons. The predicted molar refractivity (Wildman–Crippen MR) is 63.9 cm³/mol. The lowest BCUT2D eigenvalue weighted by Gasteiger charge is -2.10. The fourth-order valence-corrected chi connectivity index (χ4v) is 1.42. The summed E-state index contributed by atoms with van der Waals surface area (Å²) in [5.41, 5.74) is 1.99. The number of halogens is 1. The van der Waals surface area contributed by atoms with E-state index in [-0.39, 0.29) is 5.82 Å². The van der Waals surface area contributed by atoms with E-state index in [0.717, 1.165) is 17.7 Å². The summed E-state index contributed by atoms with van der Waals surface area (Å²) in [6, 6.07) is 5.26. The zero-order valence-corrected chi connectivity index (χ0v) is 10.2. The lowest BCUT2D eigenvalue weighted by atomic mass is 10.1. The third kappa shape index (κ3) is 4.73. The molecule has 0 aliphatic carbocycles. The summed E-state index contributed by atoms with van der Waals surface area (Å²) >= 11 is 0. The van der Waals surface area contributed by atoms with Crippen LogP contribution in [0.5, 0.6) is 0 Å². The van der Waals surface area contributed by atoms with E-state index in [1.807, 2.05) is 6.92 Å². The highest BCUT2D eigenvalue weighted by Gasteiger charge is 2.00. The summed E-state index contributed by atoms with van der Waals surface area (Å²) in [4.78, 5) is 0. The first-order valence-corrected chi connectivity index (χ1v) is 5.65. The van der Waals surface area contributed by atoms with Crippen LogP contribution in [0.15, 0.2) is 18.2 Å². The molecule has 0 aliphatic rings. The van der Waals surface area contributed by atoms with Gasteiger partial charge in [0.1, 0.15) is 5.82 Å². The van der Waals surface area contributed by atoms with E-state index in [1.165, 1.54) is 12.1 Å². The van der Waals surface area contributed by atoms with Crippen molar-refractivity contribution in [1.29, 1.82) is 0 Å². The van der Waals surface area contributed by atoms with E-state index in [4.69, 9.17) is 4.74 Å². The van der Waals surface area contributed by atoms with Crippen molar-refractivity contribution in [2.24, 2.45) is 0 Å². The molecule has 2 nitrogen and oxygen atoms in total. The normalized spacial score (nSPS) is 11.1. The molecule has 0 unspecified atom stereocenters. The van der Waals surface area contributed by atoms with Gasteiger partial charge in [-0.1, -0.05) is 19.9 Å². The SMILES string of the molecule is Cc1cc(F)ccc1COCCNC(C)C. The number of hydrogen-bond donors (Lipinski definition) is 1. The van der Waals surface area contributed by atoms with Crippen LogP contribution >= 0.6 is 0 Å². The van der Waals surface area contributed by atoms with E-state index in [1.54, 1.807) is 6.07 Å². The zero-order valence-electron chi connectivity index (χ0n) is 10.2.